The first-order valence-electron chi connectivity index (χ1n) is 12.2. The number of fused-ring (bicyclic) bond motifs is 1. The minimum Gasteiger partial charge on any atom is -0.323 e. The lowest BCUT2D eigenvalue weighted by Crippen LogP contribution is -2.41. The maximum atomic E-state index is 13.3. The average Bonchev–Trinajstić information content (AvgIpc) is 2.79. The largest absolute Gasteiger partial charge is 0.323 e. The number of benzene rings is 1. The monoisotopic (exact) mass is 443 g/mol. The van der Waals surface area contributed by atoms with Crippen molar-refractivity contribution in [2.75, 3.05) is 18.1 Å². The van der Waals surface area contributed by atoms with Gasteiger partial charge in [0, 0.05) is 16.5 Å². The lowest BCUT2D eigenvalue weighted by molar-refractivity contribution is -0.118. The highest BCUT2D eigenvalue weighted by Crippen LogP contribution is 2.32. The van der Waals surface area contributed by atoms with Crippen molar-refractivity contribution < 1.29 is 4.79 Å². The molecule has 1 amide bonds. The number of hydrogen-bond donors (Lipinski definition) is 2. The molecule has 0 saturated carbocycles. The number of thioether (sulfide) groups is 1. The predicted octanol–water partition coefficient (Wildman–Crippen LogP) is 7.18. The summed E-state index contributed by atoms with van der Waals surface area (Å²) in [6.45, 7) is 5.37. The second-order valence-corrected chi connectivity index (χ2v) is 9.17. The lowest BCUT2D eigenvalue weighted by Gasteiger charge is -2.20. The zero-order valence-electron chi connectivity index (χ0n) is 19.7. The molecule has 0 aliphatic heterocycles. The van der Waals surface area contributed by atoms with Crippen LogP contribution < -0.4 is 10.6 Å². The number of amides is 1. The number of rotatable bonds is 16. The highest BCUT2D eigenvalue weighted by molar-refractivity contribution is 7.98. The van der Waals surface area contributed by atoms with Gasteiger partial charge in [-0.3, -0.25) is 9.78 Å². The molecule has 0 spiro atoms. The van der Waals surface area contributed by atoms with Crippen LogP contribution in [-0.2, 0) is 4.79 Å². The summed E-state index contributed by atoms with van der Waals surface area (Å²) < 4.78 is 0. The van der Waals surface area contributed by atoms with Crippen LogP contribution in [0.4, 0.5) is 5.69 Å². The second kappa shape index (κ2) is 15.3. The van der Waals surface area contributed by atoms with Crippen molar-refractivity contribution in [2.45, 2.75) is 95.4 Å². The third-order valence-electron chi connectivity index (χ3n) is 5.80. The van der Waals surface area contributed by atoms with Crippen molar-refractivity contribution in [3.05, 3.63) is 30.5 Å². The molecule has 0 saturated heterocycles. The standard InChI is InChI=1S/C26H41N3OS/c1-4-6-8-10-11-12-16-23(28-19-13-9-7-5-2)26(30)29-25-21-15-14-20-27-22(21)17-18-24(25)31-3/h14-15,17-18,20,23,28H,4-13,16,19H2,1-3H3,(H,29,30). The summed E-state index contributed by atoms with van der Waals surface area (Å²) in [6, 6.07) is 7.91. The van der Waals surface area contributed by atoms with Gasteiger partial charge in [-0.1, -0.05) is 71.6 Å². The Bertz CT molecular complexity index is 780. The molecule has 31 heavy (non-hydrogen) atoms. The molecule has 1 aromatic heterocycles. The molecular weight excluding hydrogens is 402 g/mol. The SMILES string of the molecule is CCCCCCCCC(NCCCCCC)C(=O)Nc1c(SC)ccc2ncccc12. The van der Waals surface area contributed by atoms with E-state index in [1.54, 1.807) is 18.0 Å². The maximum Gasteiger partial charge on any atom is 0.241 e. The van der Waals surface area contributed by atoms with Gasteiger partial charge in [0.15, 0.2) is 0 Å². The second-order valence-electron chi connectivity index (χ2n) is 8.33. The van der Waals surface area contributed by atoms with Crippen LogP contribution in [0.1, 0.15) is 84.5 Å². The topological polar surface area (TPSA) is 54.0 Å². The van der Waals surface area contributed by atoms with Crippen LogP contribution in [0.25, 0.3) is 10.9 Å². The van der Waals surface area contributed by atoms with Gasteiger partial charge in [0.05, 0.1) is 17.2 Å². The van der Waals surface area contributed by atoms with E-state index in [0.717, 1.165) is 47.3 Å². The number of pyridine rings is 1. The third kappa shape index (κ3) is 8.82. The van der Waals surface area contributed by atoms with Crippen LogP contribution in [0.15, 0.2) is 35.4 Å². The molecular formula is C26H41N3OS. The molecule has 1 unspecified atom stereocenters. The average molecular weight is 444 g/mol. The molecule has 0 fully saturated rings. The molecule has 2 rings (SSSR count). The van der Waals surface area contributed by atoms with E-state index >= 15 is 0 Å². The lowest BCUT2D eigenvalue weighted by atomic mass is 10.0. The number of nitrogens with one attached hydrogen (secondary N) is 2. The van der Waals surface area contributed by atoms with Crippen molar-refractivity contribution in [1.29, 1.82) is 0 Å². The summed E-state index contributed by atoms with van der Waals surface area (Å²) in [7, 11) is 0. The van der Waals surface area contributed by atoms with E-state index in [4.69, 9.17) is 0 Å². The first kappa shape index (κ1) is 25.7. The maximum absolute atomic E-state index is 13.3. The molecule has 0 radical (unpaired) electrons. The number of carbonyl (C=O) groups is 1. The number of hydrogen-bond acceptors (Lipinski definition) is 4. The van der Waals surface area contributed by atoms with Gasteiger partial charge < -0.3 is 10.6 Å². The molecule has 0 aliphatic rings. The molecule has 5 heteroatoms. The summed E-state index contributed by atoms with van der Waals surface area (Å²) in [4.78, 5) is 18.8. The fraction of sp³-hybridized carbons (Fsp3) is 0.615. The Morgan fingerprint density at radius 1 is 0.968 bits per heavy atom. The Balaban J connectivity index is 2.04. The van der Waals surface area contributed by atoms with E-state index in [1.165, 1.54) is 51.4 Å². The Labute approximate surface area is 193 Å². The van der Waals surface area contributed by atoms with Crippen LogP contribution in [0.5, 0.6) is 0 Å². The molecule has 4 nitrogen and oxygen atoms in total. The Morgan fingerprint density at radius 2 is 1.68 bits per heavy atom. The summed E-state index contributed by atoms with van der Waals surface area (Å²) >= 11 is 1.66. The molecule has 1 aromatic carbocycles. The van der Waals surface area contributed by atoms with E-state index in [1.807, 2.05) is 24.5 Å². The van der Waals surface area contributed by atoms with Crippen LogP contribution in [-0.4, -0.2) is 29.7 Å². The molecule has 172 valence electrons. The van der Waals surface area contributed by atoms with Gasteiger partial charge in [-0.15, -0.1) is 11.8 Å². The molecule has 0 aliphatic carbocycles. The zero-order chi connectivity index (χ0) is 22.3. The molecule has 1 heterocycles. The number of aromatic nitrogens is 1. The summed E-state index contributed by atoms with van der Waals surface area (Å²) in [5.74, 6) is 0.0794. The Kier molecular flexibility index (Phi) is 12.6. The number of unbranched alkanes of at least 4 members (excludes halogenated alkanes) is 8. The highest BCUT2D eigenvalue weighted by Gasteiger charge is 2.20. The minimum absolute atomic E-state index is 0.0794. The van der Waals surface area contributed by atoms with Gasteiger partial charge in [0.1, 0.15) is 0 Å². The number of nitrogens with zero attached hydrogens (tertiary/aromatic N) is 1. The highest BCUT2D eigenvalue weighted by atomic mass is 32.2. The van der Waals surface area contributed by atoms with Gasteiger partial charge in [-0.25, -0.2) is 0 Å². The molecule has 0 bridgehead atoms. The third-order valence-corrected chi connectivity index (χ3v) is 6.58. The van der Waals surface area contributed by atoms with Crippen LogP contribution in [0.2, 0.25) is 0 Å². The summed E-state index contributed by atoms with van der Waals surface area (Å²) in [6.07, 6.45) is 17.0. The van der Waals surface area contributed by atoms with E-state index < -0.39 is 0 Å². The first-order valence-corrected chi connectivity index (χ1v) is 13.4. The minimum atomic E-state index is -0.144. The Morgan fingerprint density at radius 3 is 2.42 bits per heavy atom. The fourth-order valence-electron chi connectivity index (χ4n) is 3.92. The van der Waals surface area contributed by atoms with Gasteiger partial charge in [0.2, 0.25) is 5.91 Å². The van der Waals surface area contributed by atoms with Gasteiger partial charge >= 0.3 is 0 Å². The first-order chi connectivity index (χ1) is 15.2. The van der Waals surface area contributed by atoms with Gasteiger partial charge in [0.25, 0.3) is 0 Å². The van der Waals surface area contributed by atoms with E-state index in [2.05, 4.69) is 35.5 Å². The van der Waals surface area contributed by atoms with Crippen molar-refractivity contribution in [2.24, 2.45) is 0 Å². The summed E-state index contributed by atoms with van der Waals surface area (Å²) in [5, 5.41) is 7.81. The van der Waals surface area contributed by atoms with E-state index in [-0.39, 0.29) is 11.9 Å². The van der Waals surface area contributed by atoms with E-state index in [9.17, 15) is 4.79 Å². The smallest absolute Gasteiger partial charge is 0.241 e. The van der Waals surface area contributed by atoms with Crippen molar-refractivity contribution in [3.8, 4) is 0 Å². The van der Waals surface area contributed by atoms with Crippen molar-refractivity contribution >= 4 is 34.3 Å². The quantitative estimate of drug-likeness (QED) is 0.213. The predicted molar refractivity (Wildman–Crippen MR) is 136 cm³/mol. The molecule has 2 aromatic rings. The van der Waals surface area contributed by atoms with Crippen LogP contribution >= 0.6 is 11.8 Å². The fourth-order valence-corrected chi connectivity index (χ4v) is 4.49. The zero-order valence-corrected chi connectivity index (χ0v) is 20.5. The molecule has 1 atom stereocenters. The van der Waals surface area contributed by atoms with Crippen LogP contribution in [0, 0.1) is 0 Å². The van der Waals surface area contributed by atoms with Crippen LogP contribution in [0.3, 0.4) is 0 Å². The number of carbonyl (C=O) groups excluding carboxylic acids is 1. The summed E-state index contributed by atoms with van der Waals surface area (Å²) in [5.41, 5.74) is 1.81. The van der Waals surface area contributed by atoms with Crippen molar-refractivity contribution in [1.82, 2.24) is 10.3 Å². The molecule has 2 N–H and O–H groups in total. The normalized spacial score (nSPS) is 12.2. The Hall–Kier alpha value is -1.59. The van der Waals surface area contributed by atoms with Gasteiger partial charge in [-0.05, 0) is 49.9 Å². The number of anilines is 1. The van der Waals surface area contributed by atoms with E-state index in [0.29, 0.717) is 0 Å². The van der Waals surface area contributed by atoms with Gasteiger partial charge in [-0.2, -0.15) is 0 Å². The van der Waals surface area contributed by atoms with Crippen molar-refractivity contribution in [3.63, 3.8) is 0 Å².